The highest BCUT2D eigenvalue weighted by molar-refractivity contribution is 5.88. The van der Waals surface area contributed by atoms with Crippen LogP contribution in [-0.2, 0) is 16.0 Å². The van der Waals surface area contributed by atoms with Gasteiger partial charge in [0.25, 0.3) is 0 Å². The van der Waals surface area contributed by atoms with Gasteiger partial charge in [-0.1, -0.05) is 37.3 Å². The largest absolute Gasteiger partial charge is 0.493 e. The fraction of sp³-hybridized carbons (Fsp3) is 0.375. The molecule has 2 N–H and O–H groups in total. The van der Waals surface area contributed by atoms with Gasteiger partial charge in [0.2, 0.25) is 5.91 Å². The number of H-pyrrole nitrogens is 1. The number of carbonyl (C=O) groups is 1. The number of aromatic amines is 1. The Morgan fingerprint density at radius 3 is 2.57 bits per heavy atom. The topological polar surface area (TPSA) is 72.6 Å². The van der Waals surface area contributed by atoms with Crippen LogP contribution < -0.4 is 14.8 Å². The van der Waals surface area contributed by atoms with Crippen molar-refractivity contribution in [2.24, 2.45) is 0 Å². The number of aryl methyl sites for hydroxylation is 1. The van der Waals surface area contributed by atoms with Gasteiger partial charge in [-0.25, -0.2) is 0 Å². The summed E-state index contributed by atoms with van der Waals surface area (Å²) in [6.07, 6.45) is 3.23. The van der Waals surface area contributed by atoms with E-state index in [2.05, 4.69) is 35.4 Å². The minimum Gasteiger partial charge on any atom is -0.493 e. The van der Waals surface area contributed by atoms with E-state index in [1.807, 2.05) is 24.4 Å². The summed E-state index contributed by atoms with van der Waals surface area (Å²) in [5.41, 5.74) is 4.34. The summed E-state index contributed by atoms with van der Waals surface area (Å²) in [5, 5.41) is 4.06. The van der Waals surface area contributed by atoms with Crippen LogP contribution in [0.3, 0.4) is 0 Å². The highest BCUT2D eigenvalue weighted by atomic mass is 16.5. The lowest BCUT2D eigenvalue weighted by Crippen LogP contribution is -2.28. The molecule has 3 rings (SSSR count). The number of amides is 1. The lowest BCUT2D eigenvalue weighted by atomic mass is 9.86. The van der Waals surface area contributed by atoms with Gasteiger partial charge in [0, 0.05) is 48.7 Å². The van der Waals surface area contributed by atoms with E-state index < -0.39 is 0 Å². The van der Waals surface area contributed by atoms with Gasteiger partial charge in [-0.05, 0) is 23.6 Å². The van der Waals surface area contributed by atoms with E-state index in [-0.39, 0.29) is 18.2 Å². The standard InChI is InChI=1S/C24H30N2O4/c1-5-16-8-6-9-17-20(15-26-23(16)17)19(14-22(27)25-12-13-28-2)18-10-7-11-21(29-3)24(18)30-4/h6-11,15,19,26H,5,12-14H2,1-4H3,(H,25,27). The highest BCUT2D eigenvalue weighted by Gasteiger charge is 2.26. The van der Waals surface area contributed by atoms with Crippen LogP contribution in [0.4, 0.5) is 0 Å². The molecule has 30 heavy (non-hydrogen) atoms. The van der Waals surface area contributed by atoms with E-state index in [0.29, 0.717) is 24.7 Å². The van der Waals surface area contributed by atoms with Crippen LogP contribution in [0.2, 0.25) is 0 Å². The molecule has 3 aromatic rings. The molecule has 1 amide bonds. The Morgan fingerprint density at radius 2 is 1.87 bits per heavy atom. The molecular formula is C24H30N2O4. The Kier molecular flexibility index (Phi) is 7.36. The summed E-state index contributed by atoms with van der Waals surface area (Å²) < 4.78 is 16.2. The third kappa shape index (κ3) is 4.44. The molecular weight excluding hydrogens is 380 g/mol. The van der Waals surface area contributed by atoms with Gasteiger partial charge < -0.3 is 24.5 Å². The molecule has 1 unspecified atom stereocenters. The number of methoxy groups -OCH3 is 3. The van der Waals surface area contributed by atoms with Crippen LogP contribution in [0.15, 0.2) is 42.6 Å². The number of ether oxygens (including phenoxy) is 3. The van der Waals surface area contributed by atoms with Gasteiger partial charge in [0.05, 0.1) is 20.8 Å². The Balaban J connectivity index is 2.09. The summed E-state index contributed by atoms with van der Waals surface area (Å²) in [4.78, 5) is 16.2. The number of nitrogens with one attached hydrogen (secondary N) is 2. The smallest absolute Gasteiger partial charge is 0.221 e. The van der Waals surface area contributed by atoms with Gasteiger partial charge in [0.1, 0.15) is 0 Å². The van der Waals surface area contributed by atoms with Crippen molar-refractivity contribution in [2.75, 3.05) is 34.5 Å². The number of para-hydroxylation sites is 2. The zero-order valence-corrected chi connectivity index (χ0v) is 18.1. The first-order valence-electron chi connectivity index (χ1n) is 10.2. The minimum absolute atomic E-state index is 0.0390. The third-order valence-corrected chi connectivity index (χ3v) is 5.42. The molecule has 6 nitrogen and oxygen atoms in total. The average molecular weight is 411 g/mol. The van der Waals surface area contributed by atoms with Crippen LogP contribution in [-0.4, -0.2) is 45.4 Å². The summed E-state index contributed by atoms with van der Waals surface area (Å²) >= 11 is 0. The van der Waals surface area contributed by atoms with Crippen molar-refractivity contribution >= 4 is 16.8 Å². The Hall–Kier alpha value is -2.99. The van der Waals surface area contributed by atoms with Gasteiger partial charge in [0.15, 0.2) is 11.5 Å². The number of benzene rings is 2. The van der Waals surface area contributed by atoms with Crippen LogP contribution in [0, 0.1) is 0 Å². The van der Waals surface area contributed by atoms with Gasteiger partial charge in [-0.3, -0.25) is 4.79 Å². The van der Waals surface area contributed by atoms with Crippen LogP contribution >= 0.6 is 0 Å². The maximum atomic E-state index is 12.8. The van der Waals surface area contributed by atoms with E-state index in [1.54, 1.807) is 21.3 Å². The van der Waals surface area contributed by atoms with E-state index in [4.69, 9.17) is 14.2 Å². The van der Waals surface area contributed by atoms with Gasteiger partial charge in [-0.2, -0.15) is 0 Å². The number of fused-ring (bicyclic) bond motifs is 1. The van der Waals surface area contributed by atoms with Crippen LogP contribution in [0.1, 0.15) is 36.0 Å². The molecule has 1 aromatic heterocycles. The molecule has 0 aliphatic carbocycles. The molecule has 0 spiro atoms. The van der Waals surface area contributed by atoms with Crippen molar-refractivity contribution in [2.45, 2.75) is 25.7 Å². The number of rotatable bonds is 10. The monoisotopic (exact) mass is 410 g/mol. The Bertz CT molecular complexity index is 996. The van der Waals surface area contributed by atoms with Crippen molar-refractivity contribution in [3.63, 3.8) is 0 Å². The van der Waals surface area contributed by atoms with Gasteiger partial charge in [-0.15, -0.1) is 0 Å². The third-order valence-electron chi connectivity index (χ3n) is 5.42. The van der Waals surface area contributed by atoms with E-state index >= 15 is 0 Å². The molecule has 6 heteroatoms. The van der Waals surface area contributed by atoms with Crippen LogP contribution in [0.25, 0.3) is 10.9 Å². The first-order valence-corrected chi connectivity index (χ1v) is 10.2. The summed E-state index contributed by atoms with van der Waals surface area (Å²) in [6.45, 7) is 3.10. The molecule has 1 atom stereocenters. The zero-order valence-electron chi connectivity index (χ0n) is 18.1. The summed E-state index contributed by atoms with van der Waals surface area (Å²) in [6, 6.07) is 12.1. The second kappa shape index (κ2) is 10.2. The summed E-state index contributed by atoms with van der Waals surface area (Å²) in [7, 11) is 4.86. The molecule has 0 aliphatic heterocycles. The van der Waals surface area contributed by atoms with E-state index in [9.17, 15) is 4.79 Å². The molecule has 0 bridgehead atoms. The molecule has 1 heterocycles. The molecule has 0 fully saturated rings. The number of hydrogen-bond donors (Lipinski definition) is 2. The minimum atomic E-state index is -0.196. The molecule has 0 radical (unpaired) electrons. The van der Waals surface area contributed by atoms with Gasteiger partial charge >= 0.3 is 0 Å². The maximum Gasteiger partial charge on any atom is 0.221 e. The zero-order chi connectivity index (χ0) is 21.5. The first kappa shape index (κ1) is 21.7. The molecule has 160 valence electrons. The maximum absolute atomic E-state index is 12.8. The fourth-order valence-electron chi connectivity index (χ4n) is 3.95. The number of aromatic nitrogens is 1. The molecule has 2 aromatic carbocycles. The second-order valence-corrected chi connectivity index (χ2v) is 7.12. The lowest BCUT2D eigenvalue weighted by Gasteiger charge is -2.21. The van der Waals surface area contributed by atoms with Crippen molar-refractivity contribution in [3.05, 3.63) is 59.3 Å². The molecule has 0 aliphatic rings. The van der Waals surface area contributed by atoms with Crippen molar-refractivity contribution < 1.29 is 19.0 Å². The normalized spacial score (nSPS) is 12.0. The average Bonchev–Trinajstić information content (AvgIpc) is 3.21. The van der Waals surface area contributed by atoms with E-state index in [1.165, 1.54) is 5.56 Å². The SMILES string of the molecule is CCc1cccc2c(C(CC(=O)NCCOC)c3cccc(OC)c3OC)c[nH]c12. The second-order valence-electron chi connectivity index (χ2n) is 7.12. The first-order chi connectivity index (χ1) is 14.6. The predicted octanol–water partition coefficient (Wildman–Crippen LogP) is 4.03. The molecule has 0 saturated carbocycles. The fourth-order valence-corrected chi connectivity index (χ4v) is 3.95. The van der Waals surface area contributed by atoms with E-state index in [0.717, 1.165) is 28.5 Å². The van der Waals surface area contributed by atoms with Crippen molar-refractivity contribution in [1.82, 2.24) is 10.3 Å². The predicted molar refractivity (Wildman–Crippen MR) is 119 cm³/mol. The quantitative estimate of drug-likeness (QED) is 0.495. The molecule has 0 saturated heterocycles. The number of carbonyl (C=O) groups excluding carboxylic acids is 1. The number of hydrogen-bond acceptors (Lipinski definition) is 4. The van der Waals surface area contributed by atoms with Crippen LogP contribution in [0.5, 0.6) is 11.5 Å². The van der Waals surface area contributed by atoms with Crippen molar-refractivity contribution in [3.8, 4) is 11.5 Å². The highest BCUT2D eigenvalue weighted by Crippen LogP contribution is 2.42. The Morgan fingerprint density at radius 1 is 1.07 bits per heavy atom. The van der Waals surface area contributed by atoms with Crippen molar-refractivity contribution in [1.29, 1.82) is 0 Å². The lowest BCUT2D eigenvalue weighted by molar-refractivity contribution is -0.121. The Labute approximate surface area is 177 Å². The summed E-state index contributed by atoms with van der Waals surface area (Å²) in [5.74, 6) is 1.06.